The average molecular weight is 975 g/mol. The SMILES string of the molecule is CCCCCCCCCCCCCCCCCCCC(=O)OCCCCCCCCCCC/C=C\CCCCCCCCCC(=O)NC(CO)C(O)CCCCCCCCCCCCCCCCC. The van der Waals surface area contributed by atoms with E-state index in [2.05, 4.69) is 31.3 Å². The van der Waals surface area contributed by atoms with Crippen LogP contribution in [0.15, 0.2) is 12.2 Å². The summed E-state index contributed by atoms with van der Waals surface area (Å²) in [6.07, 6.45) is 70.8. The number of aliphatic hydroxyl groups is 2. The predicted octanol–water partition coefficient (Wildman–Crippen LogP) is 19.6. The first-order chi connectivity index (χ1) is 34.0. The lowest BCUT2D eigenvalue weighted by atomic mass is 10.0. The van der Waals surface area contributed by atoms with Crippen LogP contribution in [-0.2, 0) is 14.3 Å². The summed E-state index contributed by atoms with van der Waals surface area (Å²) in [7, 11) is 0. The van der Waals surface area contributed by atoms with Crippen molar-refractivity contribution in [2.24, 2.45) is 0 Å². The van der Waals surface area contributed by atoms with Gasteiger partial charge in [-0.3, -0.25) is 9.59 Å². The largest absolute Gasteiger partial charge is 0.466 e. The molecule has 0 aliphatic heterocycles. The van der Waals surface area contributed by atoms with Crippen LogP contribution < -0.4 is 5.32 Å². The Morgan fingerprint density at radius 1 is 0.391 bits per heavy atom. The van der Waals surface area contributed by atoms with Gasteiger partial charge in [0.1, 0.15) is 0 Å². The summed E-state index contributed by atoms with van der Waals surface area (Å²) < 4.78 is 5.49. The number of amides is 1. The highest BCUT2D eigenvalue weighted by molar-refractivity contribution is 5.76. The van der Waals surface area contributed by atoms with Crippen LogP contribution in [0, 0.1) is 0 Å². The third kappa shape index (κ3) is 55.8. The van der Waals surface area contributed by atoms with Gasteiger partial charge in [0.15, 0.2) is 0 Å². The van der Waals surface area contributed by atoms with Gasteiger partial charge in [0, 0.05) is 12.8 Å². The van der Waals surface area contributed by atoms with Crippen LogP contribution >= 0.6 is 0 Å². The maximum Gasteiger partial charge on any atom is 0.305 e. The van der Waals surface area contributed by atoms with Crippen molar-refractivity contribution in [3.63, 3.8) is 0 Å². The smallest absolute Gasteiger partial charge is 0.305 e. The molecule has 0 aliphatic carbocycles. The Kier molecular flexibility index (Phi) is 58.0. The van der Waals surface area contributed by atoms with Gasteiger partial charge < -0.3 is 20.3 Å². The molecule has 0 radical (unpaired) electrons. The fourth-order valence-electron chi connectivity index (χ4n) is 9.99. The van der Waals surface area contributed by atoms with Gasteiger partial charge in [-0.1, -0.05) is 302 Å². The lowest BCUT2D eigenvalue weighted by molar-refractivity contribution is -0.143. The van der Waals surface area contributed by atoms with Crippen molar-refractivity contribution in [3.05, 3.63) is 12.2 Å². The number of carbonyl (C=O) groups excluding carboxylic acids is 2. The van der Waals surface area contributed by atoms with Crippen LogP contribution in [-0.4, -0.2) is 47.4 Å². The van der Waals surface area contributed by atoms with Gasteiger partial charge in [-0.15, -0.1) is 0 Å². The molecule has 2 atom stereocenters. The Balaban J connectivity index is 3.40. The first-order valence-corrected chi connectivity index (χ1v) is 31.4. The van der Waals surface area contributed by atoms with E-state index >= 15 is 0 Å². The fraction of sp³-hybridized carbons (Fsp3) is 0.937. The summed E-state index contributed by atoms with van der Waals surface area (Å²) in [6, 6.07) is -0.547. The molecule has 0 saturated carbocycles. The molecule has 2 unspecified atom stereocenters. The number of hydrogen-bond donors (Lipinski definition) is 3. The lowest BCUT2D eigenvalue weighted by Crippen LogP contribution is -2.45. The standard InChI is InChI=1S/C63H123NO5/c1-3-5-7-9-11-13-15-17-19-24-29-33-37-41-45-49-53-57-63(68)69-58-54-50-46-42-38-34-30-26-23-21-20-22-25-28-32-36-40-44-48-52-56-62(67)64-60(59-65)61(66)55-51-47-43-39-35-31-27-18-16-14-12-10-8-6-4-2/h20,22,60-61,65-66H,3-19,21,23-59H2,1-2H3,(H,64,67)/b22-20-. The first kappa shape index (κ1) is 67.6. The first-order valence-electron chi connectivity index (χ1n) is 31.4. The highest BCUT2D eigenvalue weighted by atomic mass is 16.5. The van der Waals surface area contributed by atoms with Gasteiger partial charge in [0.05, 0.1) is 25.4 Å². The molecule has 6 heteroatoms. The maximum atomic E-state index is 12.5. The summed E-state index contributed by atoms with van der Waals surface area (Å²) in [6.45, 7) is 4.97. The highest BCUT2D eigenvalue weighted by Crippen LogP contribution is 2.18. The van der Waals surface area contributed by atoms with E-state index < -0.39 is 12.1 Å². The summed E-state index contributed by atoms with van der Waals surface area (Å²) in [5.41, 5.74) is 0. The van der Waals surface area contributed by atoms with Gasteiger partial charge in [0.25, 0.3) is 0 Å². The number of esters is 1. The minimum atomic E-state index is -0.669. The second-order valence-electron chi connectivity index (χ2n) is 21.7. The van der Waals surface area contributed by atoms with Gasteiger partial charge in [0.2, 0.25) is 5.91 Å². The van der Waals surface area contributed by atoms with Gasteiger partial charge in [-0.05, 0) is 51.4 Å². The monoisotopic (exact) mass is 974 g/mol. The Labute approximate surface area is 431 Å². The number of nitrogens with one attached hydrogen (secondary N) is 1. The van der Waals surface area contributed by atoms with Gasteiger partial charge in [-0.2, -0.15) is 0 Å². The van der Waals surface area contributed by atoms with E-state index in [1.807, 2.05) is 0 Å². The molecule has 0 aliphatic rings. The zero-order valence-electron chi connectivity index (χ0n) is 46.8. The van der Waals surface area contributed by atoms with E-state index in [-0.39, 0.29) is 18.5 Å². The quantitative estimate of drug-likeness (QED) is 0.0321. The Hall–Kier alpha value is -1.40. The number of unbranched alkanes of at least 4 members (excludes halogenated alkanes) is 46. The van der Waals surface area contributed by atoms with Crippen LogP contribution in [0.5, 0.6) is 0 Å². The Morgan fingerprint density at radius 2 is 0.681 bits per heavy atom. The number of rotatable bonds is 59. The Morgan fingerprint density at radius 3 is 1.03 bits per heavy atom. The number of carbonyl (C=O) groups is 2. The fourth-order valence-corrected chi connectivity index (χ4v) is 9.99. The second kappa shape index (κ2) is 59.2. The highest BCUT2D eigenvalue weighted by Gasteiger charge is 2.20. The number of ether oxygens (including phenoxy) is 1. The van der Waals surface area contributed by atoms with E-state index in [1.165, 1.54) is 283 Å². The van der Waals surface area contributed by atoms with Crippen LogP contribution in [0.4, 0.5) is 0 Å². The second-order valence-corrected chi connectivity index (χ2v) is 21.7. The predicted molar refractivity (Wildman–Crippen MR) is 301 cm³/mol. The zero-order chi connectivity index (χ0) is 50.0. The molecular weight excluding hydrogens is 851 g/mol. The molecule has 0 aromatic carbocycles. The van der Waals surface area contributed by atoms with E-state index in [0.717, 1.165) is 38.5 Å². The maximum absolute atomic E-state index is 12.5. The summed E-state index contributed by atoms with van der Waals surface area (Å²) >= 11 is 0. The van der Waals surface area contributed by atoms with E-state index in [0.29, 0.717) is 25.9 Å². The number of allylic oxidation sites excluding steroid dienone is 2. The minimum absolute atomic E-state index is 0.0110. The molecule has 69 heavy (non-hydrogen) atoms. The van der Waals surface area contributed by atoms with Crippen LogP contribution in [0.25, 0.3) is 0 Å². The van der Waals surface area contributed by atoms with Gasteiger partial charge >= 0.3 is 5.97 Å². The number of aliphatic hydroxyl groups excluding tert-OH is 2. The van der Waals surface area contributed by atoms with Gasteiger partial charge in [-0.25, -0.2) is 0 Å². The van der Waals surface area contributed by atoms with Crippen LogP contribution in [0.3, 0.4) is 0 Å². The molecule has 0 fully saturated rings. The summed E-state index contributed by atoms with van der Waals surface area (Å²) in [5, 5.41) is 23.3. The molecule has 410 valence electrons. The van der Waals surface area contributed by atoms with Crippen molar-refractivity contribution >= 4 is 11.9 Å². The lowest BCUT2D eigenvalue weighted by Gasteiger charge is -2.22. The van der Waals surface area contributed by atoms with E-state index in [1.54, 1.807) is 0 Å². The van der Waals surface area contributed by atoms with Crippen molar-refractivity contribution in [3.8, 4) is 0 Å². The molecule has 0 rings (SSSR count). The Bertz CT molecular complexity index is 1030. The average Bonchev–Trinajstić information content (AvgIpc) is 3.35. The van der Waals surface area contributed by atoms with E-state index in [4.69, 9.17) is 4.74 Å². The van der Waals surface area contributed by atoms with Crippen molar-refractivity contribution in [2.45, 2.75) is 366 Å². The van der Waals surface area contributed by atoms with Crippen LogP contribution in [0.1, 0.15) is 354 Å². The van der Waals surface area contributed by atoms with Crippen molar-refractivity contribution in [1.82, 2.24) is 5.32 Å². The molecule has 0 saturated heterocycles. The molecule has 0 heterocycles. The third-order valence-electron chi connectivity index (χ3n) is 14.8. The number of hydrogen-bond acceptors (Lipinski definition) is 5. The molecule has 0 aromatic heterocycles. The molecule has 0 aromatic rings. The molecule has 0 spiro atoms. The van der Waals surface area contributed by atoms with Crippen LogP contribution in [0.2, 0.25) is 0 Å². The molecule has 0 bridgehead atoms. The zero-order valence-corrected chi connectivity index (χ0v) is 46.8. The normalized spacial score (nSPS) is 12.6. The third-order valence-corrected chi connectivity index (χ3v) is 14.8. The topological polar surface area (TPSA) is 95.9 Å². The van der Waals surface area contributed by atoms with Crippen molar-refractivity contribution < 1.29 is 24.5 Å². The van der Waals surface area contributed by atoms with Crippen molar-refractivity contribution in [1.29, 1.82) is 0 Å². The molecule has 1 amide bonds. The molecule has 6 nitrogen and oxygen atoms in total. The van der Waals surface area contributed by atoms with Crippen molar-refractivity contribution in [2.75, 3.05) is 13.2 Å². The molecule has 3 N–H and O–H groups in total. The van der Waals surface area contributed by atoms with E-state index in [9.17, 15) is 19.8 Å². The minimum Gasteiger partial charge on any atom is -0.466 e. The molecular formula is C63H123NO5. The summed E-state index contributed by atoms with van der Waals surface area (Å²) in [5.74, 6) is -0.0302. The summed E-state index contributed by atoms with van der Waals surface area (Å²) in [4.78, 5) is 24.6.